The standard InChI is InChI=1S/C11H19N3/c1-12-11(10-5-2-3-6-10)9-14-8-4-7-13-14/h4,7-8,10-12H,2-3,5-6,9H2,1H3. The highest BCUT2D eigenvalue weighted by molar-refractivity contribution is 4.83. The molecule has 3 nitrogen and oxygen atoms in total. The summed E-state index contributed by atoms with van der Waals surface area (Å²) in [6, 6.07) is 2.58. The first-order valence-corrected chi connectivity index (χ1v) is 5.55. The first-order chi connectivity index (χ1) is 6.90. The Bertz CT molecular complexity index is 250. The van der Waals surface area contributed by atoms with E-state index in [1.165, 1.54) is 25.7 Å². The maximum atomic E-state index is 4.25. The molecule has 1 heterocycles. The highest BCUT2D eigenvalue weighted by atomic mass is 15.3. The van der Waals surface area contributed by atoms with Gasteiger partial charge < -0.3 is 5.32 Å². The second-order valence-corrected chi connectivity index (χ2v) is 4.17. The molecule has 1 aromatic heterocycles. The average Bonchev–Trinajstić information content (AvgIpc) is 2.86. The van der Waals surface area contributed by atoms with Gasteiger partial charge in [0, 0.05) is 18.4 Å². The Kier molecular flexibility index (Phi) is 3.19. The molecule has 1 saturated carbocycles. The molecule has 2 rings (SSSR count). The molecular weight excluding hydrogens is 174 g/mol. The first-order valence-electron chi connectivity index (χ1n) is 5.55. The van der Waals surface area contributed by atoms with Gasteiger partial charge in [0.2, 0.25) is 0 Å². The van der Waals surface area contributed by atoms with Gasteiger partial charge in [-0.25, -0.2) is 0 Å². The molecular formula is C11H19N3. The van der Waals surface area contributed by atoms with Gasteiger partial charge >= 0.3 is 0 Å². The number of likely N-dealkylation sites (N-methyl/N-ethyl adjacent to an activating group) is 1. The quantitative estimate of drug-likeness (QED) is 0.788. The van der Waals surface area contributed by atoms with Gasteiger partial charge in [0.05, 0.1) is 6.54 Å². The minimum absolute atomic E-state index is 0.595. The maximum absolute atomic E-state index is 4.25. The largest absolute Gasteiger partial charge is 0.315 e. The van der Waals surface area contributed by atoms with Gasteiger partial charge in [0.15, 0.2) is 0 Å². The molecule has 0 aromatic carbocycles. The van der Waals surface area contributed by atoms with Crippen LogP contribution >= 0.6 is 0 Å². The monoisotopic (exact) mass is 193 g/mol. The fourth-order valence-corrected chi connectivity index (χ4v) is 2.45. The van der Waals surface area contributed by atoms with Crippen molar-refractivity contribution in [3.8, 4) is 0 Å². The number of nitrogens with zero attached hydrogens (tertiary/aromatic N) is 2. The van der Waals surface area contributed by atoms with E-state index < -0.39 is 0 Å². The molecule has 0 amide bonds. The lowest BCUT2D eigenvalue weighted by Gasteiger charge is -2.22. The molecule has 1 fully saturated rings. The fourth-order valence-electron chi connectivity index (χ4n) is 2.45. The van der Waals surface area contributed by atoms with E-state index in [0.29, 0.717) is 6.04 Å². The minimum Gasteiger partial charge on any atom is -0.315 e. The summed E-state index contributed by atoms with van der Waals surface area (Å²) in [6.07, 6.45) is 9.46. The van der Waals surface area contributed by atoms with Crippen LogP contribution in [0.5, 0.6) is 0 Å². The maximum Gasteiger partial charge on any atom is 0.0565 e. The Morgan fingerprint density at radius 1 is 1.50 bits per heavy atom. The lowest BCUT2D eigenvalue weighted by atomic mass is 9.98. The predicted molar refractivity (Wildman–Crippen MR) is 57.0 cm³/mol. The highest BCUT2D eigenvalue weighted by Gasteiger charge is 2.23. The van der Waals surface area contributed by atoms with Crippen LogP contribution in [0.15, 0.2) is 18.5 Å². The molecule has 1 N–H and O–H groups in total. The first kappa shape index (κ1) is 9.71. The van der Waals surface area contributed by atoms with Crippen molar-refractivity contribution < 1.29 is 0 Å². The molecule has 0 spiro atoms. The molecule has 1 unspecified atom stereocenters. The zero-order valence-corrected chi connectivity index (χ0v) is 8.82. The van der Waals surface area contributed by atoms with E-state index in [9.17, 15) is 0 Å². The van der Waals surface area contributed by atoms with Crippen LogP contribution in [-0.4, -0.2) is 22.9 Å². The number of nitrogens with one attached hydrogen (secondary N) is 1. The van der Waals surface area contributed by atoms with Crippen LogP contribution in [0.1, 0.15) is 25.7 Å². The van der Waals surface area contributed by atoms with Crippen molar-refractivity contribution in [2.45, 2.75) is 38.3 Å². The minimum atomic E-state index is 0.595. The topological polar surface area (TPSA) is 29.9 Å². The summed E-state index contributed by atoms with van der Waals surface area (Å²) < 4.78 is 2.03. The Balaban J connectivity index is 1.92. The van der Waals surface area contributed by atoms with Crippen molar-refractivity contribution in [1.29, 1.82) is 0 Å². The van der Waals surface area contributed by atoms with Crippen molar-refractivity contribution in [2.24, 2.45) is 5.92 Å². The van der Waals surface area contributed by atoms with E-state index in [2.05, 4.69) is 17.5 Å². The molecule has 0 saturated heterocycles. The van der Waals surface area contributed by atoms with Crippen LogP contribution in [0.3, 0.4) is 0 Å². The number of aromatic nitrogens is 2. The Hall–Kier alpha value is -0.830. The number of hydrogen-bond acceptors (Lipinski definition) is 2. The van der Waals surface area contributed by atoms with E-state index in [1.54, 1.807) is 0 Å². The summed E-state index contributed by atoms with van der Waals surface area (Å²) >= 11 is 0. The zero-order valence-electron chi connectivity index (χ0n) is 8.82. The smallest absolute Gasteiger partial charge is 0.0565 e. The normalized spacial score (nSPS) is 20.1. The Morgan fingerprint density at radius 3 is 2.86 bits per heavy atom. The van der Waals surface area contributed by atoms with Crippen molar-refractivity contribution in [3.63, 3.8) is 0 Å². The van der Waals surface area contributed by atoms with Gasteiger partial charge in [0.25, 0.3) is 0 Å². The Labute approximate surface area is 85.5 Å². The van der Waals surface area contributed by atoms with Gasteiger partial charge in [-0.15, -0.1) is 0 Å². The van der Waals surface area contributed by atoms with Gasteiger partial charge in [0.1, 0.15) is 0 Å². The molecule has 0 radical (unpaired) electrons. The second kappa shape index (κ2) is 4.60. The summed E-state index contributed by atoms with van der Waals surface area (Å²) in [5.41, 5.74) is 0. The van der Waals surface area contributed by atoms with Crippen LogP contribution < -0.4 is 5.32 Å². The van der Waals surface area contributed by atoms with Crippen molar-refractivity contribution in [2.75, 3.05) is 7.05 Å². The van der Waals surface area contributed by atoms with E-state index >= 15 is 0 Å². The summed E-state index contributed by atoms with van der Waals surface area (Å²) in [5, 5.41) is 7.67. The van der Waals surface area contributed by atoms with Gasteiger partial charge in [-0.2, -0.15) is 5.10 Å². The molecule has 1 aliphatic carbocycles. The molecule has 1 atom stereocenters. The van der Waals surface area contributed by atoms with Crippen molar-refractivity contribution >= 4 is 0 Å². The van der Waals surface area contributed by atoms with Crippen molar-refractivity contribution in [3.05, 3.63) is 18.5 Å². The van der Waals surface area contributed by atoms with E-state index in [0.717, 1.165) is 12.5 Å². The third-order valence-corrected chi connectivity index (χ3v) is 3.28. The highest BCUT2D eigenvalue weighted by Crippen LogP contribution is 2.28. The lowest BCUT2D eigenvalue weighted by molar-refractivity contribution is 0.328. The summed E-state index contributed by atoms with van der Waals surface area (Å²) in [6.45, 7) is 1.01. The van der Waals surface area contributed by atoms with E-state index in [-0.39, 0.29) is 0 Å². The van der Waals surface area contributed by atoms with Crippen LogP contribution in [0.25, 0.3) is 0 Å². The summed E-state index contributed by atoms with van der Waals surface area (Å²) in [4.78, 5) is 0. The fraction of sp³-hybridized carbons (Fsp3) is 0.727. The van der Waals surface area contributed by atoms with Crippen LogP contribution in [0.4, 0.5) is 0 Å². The third-order valence-electron chi connectivity index (χ3n) is 3.28. The molecule has 1 aliphatic rings. The number of hydrogen-bond donors (Lipinski definition) is 1. The third kappa shape index (κ3) is 2.15. The average molecular weight is 193 g/mol. The van der Waals surface area contributed by atoms with Gasteiger partial charge in [-0.05, 0) is 31.9 Å². The zero-order chi connectivity index (χ0) is 9.80. The van der Waals surface area contributed by atoms with Crippen LogP contribution in [-0.2, 0) is 6.54 Å². The van der Waals surface area contributed by atoms with Gasteiger partial charge in [-0.3, -0.25) is 4.68 Å². The SMILES string of the molecule is CNC(Cn1cccn1)C1CCCC1. The van der Waals surface area contributed by atoms with Gasteiger partial charge in [-0.1, -0.05) is 12.8 Å². The molecule has 0 bridgehead atoms. The lowest BCUT2D eigenvalue weighted by Crippen LogP contribution is -2.36. The van der Waals surface area contributed by atoms with E-state index in [1.807, 2.05) is 23.1 Å². The van der Waals surface area contributed by atoms with E-state index in [4.69, 9.17) is 0 Å². The van der Waals surface area contributed by atoms with Crippen molar-refractivity contribution in [1.82, 2.24) is 15.1 Å². The predicted octanol–water partition coefficient (Wildman–Crippen LogP) is 1.66. The molecule has 78 valence electrons. The molecule has 14 heavy (non-hydrogen) atoms. The summed E-state index contributed by atoms with van der Waals surface area (Å²) in [5.74, 6) is 0.851. The Morgan fingerprint density at radius 2 is 2.29 bits per heavy atom. The van der Waals surface area contributed by atoms with Crippen LogP contribution in [0, 0.1) is 5.92 Å². The van der Waals surface area contributed by atoms with Crippen LogP contribution in [0.2, 0.25) is 0 Å². The second-order valence-electron chi connectivity index (χ2n) is 4.17. The summed E-state index contributed by atoms with van der Waals surface area (Å²) in [7, 11) is 2.06. The number of rotatable bonds is 4. The molecule has 3 heteroatoms. The molecule has 1 aromatic rings. The molecule has 0 aliphatic heterocycles.